The lowest BCUT2D eigenvalue weighted by Crippen LogP contribution is -2.20. The normalized spacial score (nSPS) is 29.2. The van der Waals surface area contributed by atoms with E-state index in [9.17, 15) is 0 Å². The summed E-state index contributed by atoms with van der Waals surface area (Å²) in [4.78, 5) is 0. The van der Waals surface area contributed by atoms with Crippen LogP contribution in [0.4, 0.5) is 5.82 Å². The number of anilines is 1. The Kier molecular flexibility index (Phi) is 2.47. The van der Waals surface area contributed by atoms with Gasteiger partial charge in [-0.15, -0.1) is 15.3 Å². The molecule has 2 heterocycles. The lowest BCUT2D eigenvalue weighted by atomic mass is 9.89. The molecule has 100 valence electrons. The first-order valence-electron chi connectivity index (χ1n) is 7.22. The second kappa shape index (κ2) is 4.18. The molecule has 4 rings (SSSR count). The Bertz CT molecular complexity index is 605. The van der Waals surface area contributed by atoms with Crippen LogP contribution in [0, 0.1) is 24.7 Å². The van der Waals surface area contributed by atoms with Gasteiger partial charge in [0.05, 0.1) is 0 Å². The largest absolute Gasteiger partial charge is 0.368 e. The lowest BCUT2D eigenvalue weighted by Gasteiger charge is -2.21. The minimum absolute atomic E-state index is 0.808. The molecular formula is C14H19N5. The molecule has 5 nitrogen and oxygen atoms in total. The minimum atomic E-state index is 0.808. The van der Waals surface area contributed by atoms with E-state index in [2.05, 4.69) is 20.6 Å². The van der Waals surface area contributed by atoms with Gasteiger partial charge in [0.2, 0.25) is 0 Å². The SMILES string of the molecule is Cc1nnc2ccc(NCC3CC4CCC3C4)nn12. The summed E-state index contributed by atoms with van der Waals surface area (Å²) in [5.74, 6) is 4.57. The molecule has 19 heavy (non-hydrogen) atoms. The highest BCUT2D eigenvalue weighted by molar-refractivity contribution is 5.43. The summed E-state index contributed by atoms with van der Waals surface area (Å²) in [5.41, 5.74) is 0.808. The van der Waals surface area contributed by atoms with Gasteiger partial charge in [0.25, 0.3) is 0 Å². The third kappa shape index (κ3) is 1.88. The van der Waals surface area contributed by atoms with Crippen LogP contribution in [0.1, 0.15) is 31.5 Å². The van der Waals surface area contributed by atoms with Gasteiger partial charge in [0.15, 0.2) is 11.5 Å². The number of rotatable bonds is 3. The van der Waals surface area contributed by atoms with E-state index in [0.29, 0.717) is 0 Å². The Hall–Kier alpha value is -1.65. The fraction of sp³-hybridized carbons (Fsp3) is 0.643. The van der Waals surface area contributed by atoms with E-state index in [1.54, 1.807) is 4.52 Å². The third-order valence-electron chi connectivity index (χ3n) is 4.85. The first-order chi connectivity index (χ1) is 9.29. The van der Waals surface area contributed by atoms with Crippen LogP contribution >= 0.6 is 0 Å². The smallest absolute Gasteiger partial charge is 0.178 e. The molecule has 2 aliphatic rings. The van der Waals surface area contributed by atoms with E-state index in [4.69, 9.17) is 0 Å². The van der Waals surface area contributed by atoms with Crippen LogP contribution < -0.4 is 5.32 Å². The van der Waals surface area contributed by atoms with Gasteiger partial charge in [0.1, 0.15) is 5.82 Å². The Balaban J connectivity index is 1.47. The summed E-state index contributed by atoms with van der Waals surface area (Å²) >= 11 is 0. The summed E-state index contributed by atoms with van der Waals surface area (Å²) in [6.07, 6.45) is 5.77. The lowest BCUT2D eigenvalue weighted by molar-refractivity contribution is 0.348. The average Bonchev–Trinajstić information content (AvgIpc) is 3.12. The highest BCUT2D eigenvalue weighted by atomic mass is 15.4. The van der Waals surface area contributed by atoms with Crippen LogP contribution in [0.3, 0.4) is 0 Å². The number of aromatic nitrogens is 4. The molecule has 2 aromatic heterocycles. The second-order valence-electron chi connectivity index (χ2n) is 6.05. The van der Waals surface area contributed by atoms with Gasteiger partial charge in [-0.1, -0.05) is 6.42 Å². The summed E-state index contributed by atoms with van der Waals surface area (Å²) < 4.78 is 1.79. The van der Waals surface area contributed by atoms with Gasteiger partial charge in [0, 0.05) is 6.54 Å². The molecule has 0 aliphatic heterocycles. The standard InChI is InChI=1S/C14H19N5/c1-9-16-17-14-5-4-13(18-19(9)14)15-8-12-7-10-2-3-11(12)6-10/h4-5,10-12H,2-3,6-8H2,1H3,(H,15,18). The van der Waals surface area contributed by atoms with E-state index in [1.165, 1.54) is 25.7 Å². The zero-order valence-electron chi connectivity index (χ0n) is 11.2. The molecule has 3 unspecified atom stereocenters. The van der Waals surface area contributed by atoms with Crippen LogP contribution in [0.2, 0.25) is 0 Å². The van der Waals surface area contributed by atoms with Gasteiger partial charge < -0.3 is 5.32 Å². The number of nitrogens with zero attached hydrogens (tertiary/aromatic N) is 4. The van der Waals surface area contributed by atoms with Crippen molar-refractivity contribution in [3.63, 3.8) is 0 Å². The monoisotopic (exact) mass is 257 g/mol. The van der Waals surface area contributed by atoms with Crippen LogP contribution in [0.25, 0.3) is 5.65 Å². The number of hydrogen-bond donors (Lipinski definition) is 1. The van der Waals surface area contributed by atoms with E-state index >= 15 is 0 Å². The van der Waals surface area contributed by atoms with E-state index < -0.39 is 0 Å². The molecule has 2 aromatic rings. The summed E-state index contributed by atoms with van der Waals surface area (Å²) in [7, 11) is 0. The van der Waals surface area contributed by atoms with Gasteiger partial charge in [-0.25, -0.2) is 0 Å². The summed E-state index contributed by atoms with van der Waals surface area (Å²) in [6, 6.07) is 3.97. The molecule has 0 radical (unpaired) electrons. The van der Waals surface area contributed by atoms with Crippen molar-refractivity contribution in [3.05, 3.63) is 18.0 Å². The van der Waals surface area contributed by atoms with Crippen LogP contribution in [-0.2, 0) is 0 Å². The first kappa shape index (κ1) is 11.2. The predicted octanol–water partition coefficient (Wildman–Crippen LogP) is 2.28. The van der Waals surface area contributed by atoms with Crippen LogP contribution in [-0.4, -0.2) is 26.4 Å². The third-order valence-corrected chi connectivity index (χ3v) is 4.85. The van der Waals surface area contributed by atoms with E-state index in [0.717, 1.165) is 41.6 Å². The fourth-order valence-corrected chi connectivity index (χ4v) is 3.85. The second-order valence-corrected chi connectivity index (χ2v) is 6.05. The van der Waals surface area contributed by atoms with Gasteiger partial charge in [-0.3, -0.25) is 0 Å². The number of aryl methyl sites for hydroxylation is 1. The molecule has 5 heteroatoms. The highest BCUT2D eigenvalue weighted by Gasteiger charge is 2.39. The maximum atomic E-state index is 4.54. The molecule has 3 atom stereocenters. The minimum Gasteiger partial charge on any atom is -0.368 e. The van der Waals surface area contributed by atoms with Crippen molar-refractivity contribution < 1.29 is 0 Å². The van der Waals surface area contributed by atoms with Crippen molar-refractivity contribution >= 4 is 11.5 Å². The van der Waals surface area contributed by atoms with Crippen molar-refractivity contribution in [3.8, 4) is 0 Å². The van der Waals surface area contributed by atoms with Gasteiger partial charge >= 0.3 is 0 Å². The topological polar surface area (TPSA) is 55.1 Å². The maximum absolute atomic E-state index is 4.54. The van der Waals surface area contributed by atoms with E-state index in [1.807, 2.05) is 19.1 Å². The summed E-state index contributed by atoms with van der Waals surface area (Å²) in [6.45, 7) is 2.98. The number of nitrogens with one attached hydrogen (secondary N) is 1. The molecule has 0 saturated heterocycles. The number of hydrogen-bond acceptors (Lipinski definition) is 4. The highest BCUT2D eigenvalue weighted by Crippen LogP contribution is 2.48. The Morgan fingerprint density at radius 2 is 2.21 bits per heavy atom. The van der Waals surface area contributed by atoms with Crippen LogP contribution in [0.15, 0.2) is 12.1 Å². The van der Waals surface area contributed by atoms with Crippen molar-refractivity contribution in [1.29, 1.82) is 0 Å². The molecule has 2 fully saturated rings. The Labute approximate surface area is 112 Å². The summed E-state index contributed by atoms with van der Waals surface area (Å²) in [5, 5.41) is 16.1. The molecule has 2 bridgehead atoms. The first-order valence-corrected chi connectivity index (χ1v) is 7.22. The Morgan fingerprint density at radius 1 is 1.26 bits per heavy atom. The fourth-order valence-electron chi connectivity index (χ4n) is 3.85. The molecule has 1 N–H and O–H groups in total. The molecule has 0 spiro atoms. The van der Waals surface area contributed by atoms with Crippen molar-refractivity contribution in [2.24, 2.45) is 17.8 Å². The molecular weight excluding hydrogens is 238 g/mol. The number of fused-ring (bicyclic) bond motifs is 3. The molecule has 0 amide bonds. The zero-order valence-corrected chi connectivity index (χ0v) is 11.2. The van der Waals surface area contributed by atoms with E-state index in [-0.39, 0.29) is 0 Å². The predicted molar refractivity (Wildman–Crippen MR) is 72.9 cm³/mol. The van der Waals surface area contributed by atoms with Crippen molar-refractivity contribution in [1.82, 2.24) is 19.8 Å². The molecule has 2 saturated carbocycles. The zero-order chi connectivity index (χ0) is 12.8. The van der Waals surface area contributed by atoms with Gasteiger partial charge in [-0.2, -0.15) is 4.52 Å². The van der Waals surface area contributed by atoms with Crippen LogP contribution in [0.5, 0.6) is 0 Å². The molecule has 0 aromatic carbocycles. The van der Waals surface area contributed by atoms with Crippen molar-refractivity contribution in [2.75, 3.05) is 11.9 Å². The maximum Gasteiger partial charge on any atom is 0.178 e. The molecule has 2 aliphatic carbocycles. The quantitative estimate of drug-likeness (QED) is 0.916. The average molecular weight is 257 g/mol. The Morgan fingerprint density at radius 3 is 3.00 bits per heavy atom. The van der Waals surface area contributed by atoms with Crippen molar-refractivity contribution in [2.45, 2.75) is 32.6 Å². The van der Waals surface area contributed by atoms with Gasteiger partial charge in [-0.05, 0) is 56.1 Å².